The third-order valence-corrected chi connectivity index (χ3v) is 4.46. The van der Waals surface area contributed by atoms with Gasteiger partial charge in [0.1, 0.15) is 17.7 Å². The Balaban J connectivity index is 0.00000240. The van der Waals surface area contributed by atoms with Crippen LogP contribution >= 0.6 is 0 Å². The fourth-order valence-corrected chi connectivity index (χ4v) is 3.10. The summed E-state index contributed by atoms with van der Waals surface area (Å²) in [5.74, 6) is -2.31. The van der Waals surface area contributed by atoms with E-state index in [1.165, 1.54) is 25.3 Å². The van der Waals surface area contributed by atoms with Crippen LogP contribution in [0.5, 0.6) is 0 Å². The summed E-state index contributed by atoms with van der Waals surface area (Å²) in [6, 6.07) is 3.15. The maximum Gasteiger partial charge on any atom is 0.249 e. The average molecular weight is 398 g/mol. The summed E-state index contributed by atoms with van der Waals surface area (Å²) < 4.78 is 27.6. The summed E-state index contributed by atoms with van der Waals surface area (Å²) >= 11 is 0. The van der Waals surface area contributed by atoms with Crippen LogP contribution in [0.4, 0.5) is 8.78 Å². The topological polar surface area (TPSA) is 119 Å². The number of nitriles is 2. The molecule has 1 unspecified atom stereocenters. The standard InChI is InChI=1S/C20H14F2N5O2.2H2/c1-10(19-16(22)4-11(7-23)9-25-19)26-18(28)6-14-15(8-24)13-5-12(21)2-3-17(13)27-20(14)29;;/h2-5,9-10,17H,6H2,1H3,(H,26,28)(H,27,29);2*1H/t10-,17?;;/m1../s1. The highest BCUT2D eigenvalue weighted by Crippen LogP contribution is 2.33. The molecule has 0 aromatic carbocycles. The van der Waals surface area contributed by atoms with E-state index in [9.17, 15) is 23.6 Å². The number of carbonyl (C=O) groups is 2. The zero-order valence-electron chi connectivity index (χ0n) is 15.2. The number of nitrogens with zero attached hydrogens (tertiary/aromatic N) is 3. The number of hydrogen-bond donors (Lipinski definition) is 2. The monoisotopic (exact) mass is 398 g/mol. The second-order valence-corrected chi connectivity index (χ2v) is 6.43. The van der Waals surface area contributed by atoms with Gasteiger partial charge in [-0.2, -0.15) is 10.5 Å². The van der Waals surface area contributed by atoms with Crippen LogP contribution in [0.25, 0.3) is 0 Å². The molecule has 0 spiro atoms. The molecular formula is C20H18F2N5O2. The van der Waals surface area contributed by atoms with E-state index in [2.05, 4.69) is 15.6 Å². The lowest BCUT2D eigenvalue weighted by atomic mass is 9.81. The van der Waals surface area contributed by atoms with Crippen LogP contribution in [0.15, 0.2) is 47.5 Å². The van der Waals surface area contributed by atoms with Crippen LogP contribution in [0.3, 0.4) is 0 Å². The number of carbonyl (C=O) groups excluding carboxylic acids is 2. The number of fused-ring (bicyclic) bond motifs is 1. The minimum atomic E-state index is -0.844. The van der Waals surface area contributed by atoms with Gasteiger partial charge in [0.2, 0.25) is 11.8 Å². The zero-order chi connectivity index (χ0) is 21.1. The van der Waals surface area contributed by atoms with E-state index >= 15 is 0 Å². The molecule has 29 heavy (non-hydrogen) atoms. The highest BCUT2D eigenvalue weighted by Gasteiger charge is 2.36. The van der Waals surface area contributed by atoms with Crippen LogP contribution in [-0.4, -0.2) is 22.8 Å². The average Bonchev–Trinajstić information content (AvgIpc) is 2.68. The molecule has 1 aliphatic carbocycles. The fraction of sp³-hybridized carbons (Fsp3) is 0.200. The number of amides is 2. The maximum atomic E-state index is 14.1. The summed E-state index contributed by atoms with van der Waals surface area (Å²) in [5.41, 5.74) is -0.197. The molecule has 0 saturated heterocycles. The third-order valence-electron chi connectivity index (χ3n) is 4.46. The van der Waals surface area contributed by atoms with Crippen molar-refractivity contribution in [3.05, 3.63) is 70.5 Å². The van der Waals surface area contributed by atoms with Gasteiger partial charge < -0.3 is 10.6 Å². The summed E-state index contributed by atoms with van der Waals surface area (Å²) in [5, 5.41) is 23.3. The van der Waals surface area contributed by atoms with Crippen molar-refractivity contribution in [1.82, 2.24) is 15.6 Å². The SMILES string of the molecule is C[C@@H](NC(=O)CC1=C(C#N)[C]2C=C(F)C=CC2NC1=O)c1ncc(C#N)cc1F.[HH].[HH]. The lowest BCUT2D eigenvalue weighted by molar-refractivity contribution is -0.124. The molecule has 2 heterocycles. The quantitative estimate of drug-likeness (QED) is 0.808. The molecule has 1 aromatic heterocycles. The maximum absolute atomic E-state index is 14.1. The minimum Gasteiger partial charge on any atom is -0.348 e. The van der Waals surface area contributed by atoms with Crippen molar-refractivity contribution in [2.75, 3.05) is 0 Å². The molecule has 2 atom stereocenters. The van der Waals surface area contributed by atoms with Crippen LogP contribution in [0.1, 0.15) is 33.5 Å². The Morgan fingerprint density at radius 1 is 1.41 bits per heavy atom. The lowest BCUT2D eigenvalue weighted by Gasteiger charge is -2.30. The Morgan fingerprint density at radius 3 is 2.83 bits per heavy atom. The Morgan fingerprint density at radius 2 is 2.17 bits per heavy atom. The van der Waals surface area contributed by atoms with Crippen molar-refractivity contribution in [2.24, 2.45) is 0 Å². The lowest BCUT2D eigenvalue weighted by Crippen LogP contribution is -2.45. The normalized spacial score (nSPS) is 19.4. The molecule has 1 aliphatic heterocycles. The third kappa shape index (κ3) is 4.04. The van der Waals surface area contributed by atoms with E-state index < -0.39 is 42.0 Å². The van der Waals surface area contributed by atoms with Crippen molar-refractivity contribution in [3.63, 3.8) is 0 Å². The zero-order valence-corrected chi connectivity index (χ0v) is 15.2. The summed E-state index contributed by atoms with van der Waals surface area (Å²) in [7, 11) is 0. The van der Waals surface area contributed by atoms with Gasteiger partial charge in [-0.15, -0.1) is 0 Å². The molecule has 3 rings (SSSR count). The molecule has 1 radical (unpaired) electrons. The van der Waals surface area contributed by atoms with E-state index in [0.29, 0.717) is 0 Å². The van der Waals surface area contributed by atoms with Gasteiger partial charge in [-0.3, -0.25) is 14.6 Å². The van der Waals surface area contributed by atoms with Crippen molar-refractivity contribution < 1.29 is 21.2 Å². The fourth-order valence-electron chi connectivity index (χ4n) is 3.10. The highest BCUT2D eigenvalue weighted by molar-refractivity contribution is 6.02. The second-order valence-electron chi connectivity index (χ2n) is 6.43. The Labute approximate surface area is 168 Å². The van der Waals surface area contributed by atoms with Crippen LogP contribution in [0, 0.1) is 34.4 Å². The highest BCUT2D eigenvalue weighted by atomic mass is 19.1. The number of halogens is 2. The van der Waals surface area contributed by atoms with E-state index in [-0.39, 0.29) is 31.2 Å². The van der Waals surface area contributed by atoms with Gasteiger partial charge >= 0.3 is 0 Å². The Kier molecular flexibility index (Phi) is 5.51. The second kappa shape index (κ2) is 8.03. The number of rotatable bonds is 4. The molecule has 7 nitrogen and oxygen atoms in total. The van der Waals surface area contributed by atoms with Crippen LogP contribution < -0.4 is 10.6 Å². The molecular weight excluding hydrogens is 380 g/mol. The first-order valence-electron chi connectivity index (χ1n) is 8.55. The van der Waals surface area contributed by atoms with Crippen LogP contribution in [-0.2, 0) is 9.59 Å². The van der Waals surface area contributed by atoms with Gasteiger partial charge in [0.25, 0.3) is 0 Å². The number of hydrogen-bond acceptors (Lipinski definition) is 5. The molecule has 2 amide bonds. The van der Waals surface area contributed by atoms with Crippen LogP contribution in [0.2, 0.25) is 0 Å². The van der Waals surface area contributed by atoms with Crippen molar-refractivity contribution in [3.8, 4) is 12.1 Å². The molecule has 2 N–H and O–H groups in total. The van der Waals surface area contributed by atoms with E-state index in [0.717, 1.165) is 12.1 Å². The Bertz CT molecular complexity index is 1070. The molecule has 149 valence electrons. The van der Waals surface area contributed by atoms with Gasteiger partial charge in [0.15, 0.2) is 0 Å². The van der Waals surface area contributed by atoms with E-state index in [1.807, 2.05) is 6.07 Å². The molecule has 9 heteroatoms. The van der Waals surface area contributed by atoms with Gasteiger partial charge in [-0.05, 0) is 25.1 Å². The first-order chi connectivity index (χ1) is 13.8. The predicted octanol–water partition coefficient (Wildman–Crippen LogP) is 2.47. The van der Waals surface area contributed by atoms with E-state index in [1.54, 1.807) is 6.07 Å². The smallest absolute Gasteiger partial charge is 0.249 e. The van der Waals surface area contributed by atoms with Crippen molar-refractivity contribution >= 4 is 11.8 Å². The summed E-state index contributed by atoms with van der Waals surface area (Å²) in [6.45, 7) is 1.49. The molecule has 1 aromatic rings. The minimum absolute atomic E-state index is 0. The van der Waals surface area contributed by atoms with Gasteiger partial charge in [-0.25, -0.2) is 8.78 Å². The first kappa shape index (κ1) is 19.9. The van der Waals surface area contributed by atoms with E-state index in [4.69, 9.17) is 5.26 Å². The van der Waals surface area contributed by atoms with Crippen molar-refractivity contribution in [1.29, 1.82) is 10.5 Å². The van der Waals surface area contributed by atoms with Gasteiger partial charge in [0.05, 0.1) is 47.3 Å². The number of pyridine rings is 1. The van der Waals surface area contributed by atoms with Gasteiger partial charge in [0, 0.05) is 14.6 Å². The summed E-state index contributed by atoms with van der Waals surface area (Å²) in [6.07, 6.45) is 4.46. The number of allylic oxidation sites excluding steroid dienone is 2. The molecule has 0 bridgehead atoms. The Hall–Kier alpha value is -3.85. The first-order valence-corrected chi connectivity index (χ1v) is 8.55. The molecule has 0 fully saturated rings. The van der Waals surface area contributed by atoms with Gasteiger partial charge in [-0.1, -0.05) is 6.08 Å². The summed E-state index contributed by atoms with van der Waals surface area (Å²) in [4.78, 5) is 28.6. The number of aromatic nitrogens is 1. The molecule has 0 saturated carbocycles. The largest absolute Gasteiger partial charge is 0.348 e. The van der Waals surface area contributed by atoms with Crippen molar-refractivity contribution in [2.45, 2.75) is 25.4 Å². The predicted molar refractivity (Wildman–Crippen MR) is 100 cm³/mol. The molecule has 2 aliphatic rings. The number of nitrogens with one attached hydrogen (secondary N) is 2.